The van der Waals surface area contributed by atoms with E-state index in [1.807, 2.05) is 19.2 Å². The highest BCUT2D eigenvalue weighted by Crippen LogP contribution is 2.15. The van der Waals surface area contributed by atoms with Crippen LogP contribution in [-0.4, -0.2) is 9.97 Å². The van der Waals surface area contributed by atoms with Crippen molar-refractivity contribution in [2.24, 2.45) is 0 Å². The molecule has 1 N–H and O–H groups in total. The van der Waals surface area contributed by atoms with Gasteiger partial charge in [0.05, 0.1) is 11.2 Å². The summed E-state index contributed by atoms with van der Waals surface area (Å²) in [6.07, 6.45) is 1.84. The van der Waals surface area contributed by atoms with E-state index in [9.17, 15) is 0 Å². The van der Waals surface area contributed by atoms with Crippen LogP contribution in [0.3, 0.4) is 0 Å². The van der Waals surface area contributed by atoms with Gasteiger partial charge in [-0.2, -0.15) is 0 Å². The maximum Gasteiger partial charge on any atom is 0.0672 e. The normalized spacial score (nSPS) is 10.7. The lowest BCUT2D eigenvalue weighted by Gasteiger charge is -1.91. The van der Waals surface area contributed by atoms with Crippen molar-refractivity contribution in [3.63, 3.8) is 0 Å². The molecule has 0 unspecified atom stereocenters. The topological polar surface area (TPSA) is 28.7 Å². The molecule has 11 heavy (non-hydrogen) atoms. The van der Waals surface area contributed by atoms with Crippen molar-refractivity contribution in [3.8, 4) is 0 Å². The number of aromatic nitrogens is 2. The Morgan fingerprint density at radius 3 is 2.91 bits per heavy atom. The van der Waals surface area contributed by atoms with Crippen LogP contribution >= 0.6 is 0 Å². The van der Waals surface area contributed by atoms with E-state index in [0.717, 1.165) is 11.2 Å². The van der Waals surface area contributed by atoms with Crippen LogP contribution in [0.4, 0.5) is 0 Å². The summed E-state index contributed by atoms with van der Waals surface area (Å²) >= 11 is 0. The molecule has 0 radical (unpaired) electrons. The van der Waals surface area contributed by atoms with E-state index in [1.165, 1.54) is 11.1 Å². The zero-order valence-corrected chi connectivity index (χ0v) is 6.68. The van der Waals surface area contributed by atoms with E-state index in [-0.39, 0.29) is 0 Å². The first-order chi connectivity index (χ1) is 5.27. The van der Waals surface area contributed by atoms with Crippen LogP contribution in [0.1, 0.15) is 11.4 Å². The average Bonchev–Trinajstić information content (AvgIpc) is 2.31. The molecule has 2 aromatic heterocycles. The summed E-state index contributed by atoms with van der Waals surface area (Å²) in [6.45, 7) is 4.07. The molecule has 0 spiro atoms. The summed E-state index contributed by atoms with van der Waals surface area (Å²) in [5.41, 5.74) is 3.41. The molecule has 0 aromatic carbocycles. The Bertz CT molecular complexity index is 387. The molecule has 0 fully saturated rings. The van der Waals surface area contributed by atoms with Crippen molar-refractivity contribution in [2.45, 2.75) is 13.8 Å². The van der Waals surface area contributed by atoms with Gasteiger partial charge in [-0.1, -0.05) is 0 Å². The summed E-state index contributed by atoms with van der Waals surface area (Å²) in [6, 6.07) is 4.15. The van der Waals surface area contributed by atoms with Crippen LogP contribution in [0.25, 0.3) is 10.9 Å². The van der Waals surface area contributed by atoms with Crippen molar-refractivity contribution >= 4 is 10.9 Å². The smallest absolute Gasteiger partial charge is 0.0672 e. The zero-order valence-electron chi connectivity index (χ0n) is 6.68. The third-order valence-electron chi connectivity index (χ3n) is 1.87. The molecule has 2 heteroatoms. The number of nitrogens with zero attached hydrogens (tertiary/aromatic N) is 1. The molecule has 0 aliphatic heterocycles. The maximum atomic E-state index is 4.19. The fraction of sp³-hybridized carbons (Fsp3) is 0.222. The largest absolute Gasteiger partial charge is 0.357 e. The van der Waals surface area contributed by atoms with Crippen LogP contribution in [0.5, 0.6) is 0 Å². The zero-order chi connectivity index (χ0) is 7.84. The van der Waals surface area contributed by atoms with E-state index in [1.54, 1.807) is 0 Å². The van der Waals surface area contributed by atoms with Crippen LogP contribution in [0.2, 0.25) is 0 Å². The summed E-state index contributed by atoms with van der Waals surface area (Å²) < 4.78 is 0. The quantitative estimate of drug-likeness (QED) is 0.606. The van der Waals surface area contributed by atoms with Gasteiger partial charge in [0.25, 0.3) is 0 Å². The Morgan fingerprint density at radius 2 is 2.18 bits per heavy atom. The van der Waals surface area contributed by atoms with Gasteiger partial charge in [-0.05, 0) is 26.0 Å². The van der Waals surface area contributed by atoms with Crippen LogP contribution in [-0.2, 0) is 0 Å². The summed E-state index contributed by atoms with van der Waals surface area (Å²) in [7, 11) is 0. The first kappa shape index (κ1) is 6.40. The van der Waals surface area contributed by atoms with Crippen LogP contribution in [0, 0.1) is 13.8 Å². The van der Waals surface area contributed by atoms with Gasteiger partial charge in [0.15, 0.2) is 0 Å². The number of hydrogen-bond acceptors (Lipinski definition) is 1. The van der Waals surface area contributed by atoms with Crippen molar-refractivity contribution < 1.29 is 0 Å². The standard InChI is InChI=1S/C9H10N2/c1-6-5-8-3-4-10-7(2)9(8)11-6/h3-5,11H,1-2H3. The fourth-order valence-corrected chi connectivity index (χ4v) is 1.34. The molecule has 2 nitrogen and oxygen atoms in total. The summed E-state index contributed by atoms with van der Waals surface area (Å²) in [4.78, 5) is 7.45. The molecular formula is C9H10N2. The monoisotopic (exact) mass is 146 g/mol. The van der Waals surface area contributed by atoms with Crippen molar-refractivity contribution in [2.75, 3.05) is 0 Å². The predicted octanol–water partition coefficient (Wildman–Crippen LogP) is 2.18. The SMILES string of the molecule is Cc1cc2ccnc(C)c2[nH]1. The molecule has 0 aliphatic carbocycles. The van der Waals surface area contributed by atoms with Crippen molar-refractivity contribution in [3.05, 3.63) is 29.7 Å². The van der Waals surface area contributed by atoms with Gasteiger partial charge in [0.2, 0.25) is 0 Å². The molecule has 2 rings (SSSR count). The number of fused-ring (bicyclic) bond motifs is 1. The average molecular weight is 146 g/mol. The molecule has 56 valence electrons. The lowest BCUT2D eigenvalue weighted by molar-refractivity contribution is 1.20. The Balaban J connectivity index is 2.90. The van der Waals surface area contributed by atoms with Gasteiger partial charge >= 0.3 is 0 Å². The Morgan fingerprint density at radius 1 is 1.36 bits per heavy atom. The van der Waals surface area contributed by atoms with Gasteiger partial charge in [0, 0.05) is 17.3 Å². The Kier molecular flexibility index (Phi) is 1.22. The number of aryl methyl sites for hydroxylation is 2. The summed E-state index contributed by atoms with van der Waals surface area (Å²) in [5.74, 6) is 0. The number of hydrogen-bond donors (Lipinski definition) is 1. The molecule has 0 saturated heterocycles. The molecule has 2 aromatic rings. The predicted molar refractivity (Wildman–Crippen MR) is 45.6 cm³/mol. The van der Waals surface area contributed by atoms with E-state index in [2.05, 4.69) is 23.0 Å². The Hall–Kier alpha value is -1.31. The number of aromatic amines is 1. The third-order valence-corrected chi connectivity index (χ3v) is 1.87. The molecular weight excluding hydrogens is 136 g/mol. The second kappa shape index (κ2) is 2.09. The molecule has 0 amide bonds. The minimum atomic E-state index is 1.07. The van der Waals surface area contributed by atoms with E-state index >= 15 is 0 Å². The van der Waals surface area contributed by atoms with E-state index in [0.29, 0.717) is 0 Å². The second-order valence-corrected chi connectivity index (χ2v) is 2.81. The first-order valence-electron chi connectivity index (χ1n) is 3.68. The van der Waals surface area contributed by atoms with Crippen LogP contribution in [0.15, 0.2) is 18.3 Å². The number of nitrogens with one attached hydrogen (secondary N) is 1. The van der Waals surface area contributed by atoms with Gasteiger partial charge in [0.1, 0.15) is 0 Å². The highest BCUT2D eigenvalue weighted by atomic mass is 14.8. The lowest BCUT2D eigenvalue weighted by Crippen LogP contribution is -1.80. The number of pyridine rings is 1. The maximum absolute atomic E-state index is 4.19. The van der Waals surface area contributed by atoms with Gasteiger partial charge in [-0.3, -0.25) is 4.98 Å². The molecule has 0 bridgehead atoms. The molecule has 0 aliphatic rings. The minimum absolute atomic E-state index is 1.07. The number of H-pyrrole nitrogens is 1. The molecule has 2 heterocycles. The highest BCUT2D eigenvalue weighted by molar-refractivity contribution is 5.81. The lowest BCUT2D eigenvalue weighted by atomic mass is 10.2. The highest BCUT2D eigenvalue weighted by Gasteiger charge is 1.98. The van der Waals surface area contributed by atoms with E-state index in [4.69, 9.17) is 0 Å². The molecule has 0 saturated carbocycles. The van der Waals surface area contributed by atoms with Gasteiger partial charge in [-0.25, -0.2) is 0 Å². The third kappa shape index (κ3) is 0.909. The molecule has 0 atom stereocenters. The second-order valence-electron chi connectivity index (χ2n) is 2.81. The Labute approximate surface area is 65.3 Å². The van der Waals surface area contributed by atoms with E-state index < -0.39 is 0 Å². The minimum Gasteiger partial charge on any atom is -0.357 e. The number of rotatable bonds is 0. The fourth-order valence-electron chi connectivity index (χ4n) is 1.34. The van der Waals surface area contributed by atoms with Crippen molar-refractivity contribution in [1.82, 2.24) is 9.97 Å². The van der Waals surface area contributed by atoms with Gasteiger partial charge in [-0.15, -0.1) is 0 Å². The van der Waals surface area contributed by atoms with Gasteiger partial charge < -0.3 is 4.98 Å². The summed E-state index contributed by atoms with van der Waals surface area (Å²) in [5, 5.41) is 1.25. The first-order valence-corrected chi connectivity index (χ1v) is 3.68. The van der Waals surface area contributed by atoms with Crippen LogP contribution < -0.4 is 0 Å². The van der Waals surface area contributed by atoms with Crippen molar-refractivity contribution in [1.29, 1.82) is 0 Å².